The highest BCUT2D eigenvalue weighted by Crippen LogP contribution is 2.29. The van der Waals surface area contributed by atoms with E-state index in [1.165, 1.54) is 36.0 Å². The van der Waals surface area contributed by atoms with E-state index < -0.39 is 11.9 Å². The molecule has 2 aromatic carbocycles. The van der Waals surface area contributed by atoms with Gasteiger partial charge in [-0.15, -0.1) is 10.2 Å². The molecule has 8 heteroatoms. The molecule has 1 heterocycles. The fourth-order valence-electron chi connectivity index (χ4n) is 2.72. The zero-order valence-electron chi connectivity index (χ0n) is 15.6. The number of alkyl halides is 2. The van der Waals surface area contributed by atoms with Gasteiger partial charge in [-0.25, -0.2) is 0 Å². The maximum Gasteiger partial charge on any atom is 0.387 e. The lowest BCUT2D eigenvalue weighted by atomic mass is 10.1. The number of halogens is 2. The molecule has 0 unspecified atom stereocenters. The van der Waals surface area contributed by atoms with Gasteiger partial charge in [-0.3, -0.25) is 4.79 Å². The average Bonchev–Trinajstić information content (AvgIpc) is 3.02. The maximum absolute atomic E-state index is 12.7. The van der Waals surface area contributed by atoms with E-state index in [9.17, 15) is 13.6 Å². The lowest BCUT2D eigenvalue weighted by Gasteiger charge is -2.11. The first-order valence-electron chi connectivity index (χ1n) is 8.58. The molecule has 1 aromatic heterocycles. The van der Waals surface area contributed by atoms with Crippen molar-refractivity contribution in [3.63, 3.8) is 0 Å². The molecule has 0 fully saturated rings. The molecule has 0 amide bonds. The summed E-state index contributed by atoms with van der Waals surface area (Å²) in [4.78, 5) is 12.7. The Balaban J connectivity index is 1.73. The predicted octanol–water partition coefficient (Wildman–Crippen LogP) is 4.76. The minimum atomic E-state index is -2.89. The van der Waals surface area contributed by atoms with Gasteiger partial charge in [0.2, 0.25) is 0 Å². The third-order valence-corrected chi connectivity index (χ3v) is 5.37. The lowest BCUT2D eigenvalue weighted by molar-refractivity contribution is -0.0498. The number of aryl methyl sites for hydroxylation is 1. The van der Waals surface area contributed by atoms with E-state index in [-0.39, 0.29) is 11.5 Å². The quantitative estimate of drug-likeness (QED) is 0.421. The number of hydrogen-bond acceptors (Lipinski definition) is 5. The highest BCUT2D eigenvalue weighted by atomic mass is 32.2. The van der Waals surface area contributed by atoms with Crippen molar-refractivity contribution < 1.29 is 18.3 Å². The highest BCUT2D eigenvalue weighted by molar-refractivity contribution is 8.00. The van der Waals surface area contributed by atoms with Gasteiger partial charge in [0.05, 0.1) is 5.25 Å². The summed E-state index contributed by atoms with van der Waals surface area (Å²) in [7, 11) is 1.86. The van der Waals surface area contributed by atoms with Gasteiger partial charge in [0.1, 0.15) is 5.75 Å². The number of nitrogens with zero attached hydrogens (tertiary/aromatic N) is 3. The molecule has 0 saturated carbocycles. The van der Waals surface area contributed by atoms with Crippen LogP contribution in [0.15, 0.2) is 53.7 Å². The predicted molar refractivity (Wildman–Crippen MR) is 104 cm³/mol. The van der Waals surface area contributed by atoms with Crippen LogP contribution in [0.5, 0.6) is 5.75 Å². The lowest BCUT2D eigenvalue weighted by Crippen LogP contribution is -2.14. The van der Waals surface area contributed by atoms with E-state index in [1.54, 1.807) is 6.92 Å². The smallest absolute Gasteiger partial charge is 0.387 e. The summed E-state index contributed by atoms with van der Waals surface area (Å²) in [5.41, 5.74) is 2.49. The minimum absolute atomic E-state index is 0.0167. The molecule has 1 atom stereocenters. The number of ketones is 1. The number of rotatable bonds is 7. The average molecular weight is 403 g/mol. The molecule has 0 aliphatic carbocycles. The van der Waals surface area contributed by atoms with Crippen molar-refractivity contribution in [2.75, 3.05) is 0 Å². The van der Waals surface area contributed by atoms with Gasteiger partial charge >= 0.3 is 6.61 Å². The Morgan fingerprint density at radius 2 is 1.79 bits per heavy atom. The molecule has 0 spiro atoms. The zero-order valence-corrected chi connectivity index (χ0v) is 16.4. The molecule has 3 rings (SSSR count). The van der Waals surface area contributed by atoms with Gasteiger partial charge in [-0.1, -0.05) is 36.0 Å². The van der Waals surface area contributed by atoms with Gasteiger partial charge < -0.3 is 9.30 Å². The minimum Gasteiger partial charge on any atom is -0.435 e. The summed E-state index contributed by atoms with van der Waals surface area (Å²) in [6, 6.07) is 13.6. The Morgan fingerprint density at radius 1 is 1.11 bits per heavy atom. The number of thioether (sulfide) groups is 1. The van der Waals surface area contributed by atoms with Crippen LogP contribution >= 0.6 is 11.8 Å². The molecule has 146 valence electrons. The van der Waals surface area contributed by atoms with Gasteiger partial charge in [0, 0.05) is 18.2 Å². The molecular weight excluding hydrogens is 384 g/mol. The van der Waals surface area contributed by atoms with Crippen LogP contribution in [0.4, 0.5) is 8.78 Å². The molecule has 0 radical (unpaired) electrons. The third kappa shape index (κ3) is 4.39. The molecule has 3 aromatic rings. The third-order valence-electron chi connectivity index (χ3n) is 4.24. The number of hydrogen-bond donors (Lipinski definition) is 0. The summed E-state index contributed by atoms with van der Waals surface area (Å²) >= 11 is 1.30. The highest BCUT2D eigenvalue weighted by Gasteiger charge is 2.21. The number of carbonyl (C=O) groups excluding carboxylic acids is 1. The molecule has 28 heavy (non-hydrogen) atoms. The largest absolute Gasteiger partial charge is 0.435 e. The van der Waals surface area contributed by atoms with Crippen LogP contribution < -0.4 is 4.74 Å². The van der Waals surface area contributed by atoms with Crippen LogP contribution in [0, 0.1) is 6.92 Å². The Labute approximate surface area is 165 Å². The number of aromatic nitrogens is 3. The molecule has 0 N–H and O–H groups in total. The molecule has 0 bridgehead atoms. The van der Waals surface area contributed by atoms with Crippen LogP contribution in [0.1, 0.15) is 22.8 Å². The molecule has 0 saturated heterocycles. The molecular formula is C20H19F2N3O2S. The number of ether oxygens (including phenoxy) is 1. The second-order valence-corrected chi connectivity index (χ2v) is 7.52. The van der Waals surface area contributed by atoms with Crippen LogP contribution in [0.2, 0.25) is 0 Å². The van der Waals surface area contributed by atoms with Crippen molar-refractivity contribution in [1.82, 2.24) is 14.8 Å². The summed E-state index contributed by atoms with van der Waals surface area (Å²) in [5.74, 6) is 0.616. The van der Waals surface area contributed by atoms with Crippen LogP contribution in [0.3, 0.4) is 0 Å². The van der Waals surface area contributed by atoms with Gasteiger partial charge in [0.15, 0.2) is 16.8 Å². The van der Waals surface area contributed by atoms with E-state index in [0.717, 1.165) is 17.0 Å². The van der Waals surface area contributed by atoms with E-state index >= 15 is 0 Å². The van der Waals surface area contributed by atoms with Crippen molar-refractivity contribution >= 4 is 17.5 Å². The second-order valence-electron chi connectivity index (χ2n) is 6.21. The van der Waals surface area contributed by atoms with Gasteiger partial charge in [0.25, 0.3) is 0 Å². The number of Topliss-reactive ketones (excluding diaryl/α,β-unsaturated/α-hetero) is 1. The molecule has 0 aliphatic heterocycles. The normalized spacial score (nSPS) is 12.2. The summed E-state index contributed by atoms with van der Waals surface area (Å²) < 4.78 is 30.6. The maximum atomic E-state index is 12.7. The summed E-state index contributed by atoms with van der Waals surface area (Å²) in [6.07, 6.45) is 0. The van der Waals surface area contributed by atoms with Crippen LogP contribution in [-0.4, -0.2) is 32.4 Å². The van der Waals surface area contributed by atoms with Crippen molar-refractivity contribution in [2.24, 2.45) is 7.05 Å². The SMILES string of the molecule is Cc1ccccc1-c1nnc(S[C@H](C)C(=O)c2ccc(OC(F)F)cc2)n1C. The first-order chi connectivity index (χ1) is 13.4. The Hall–Kier alpha value is -2.74. The molecule has 5 nitrogen and oxygen atoms in total. The topological polar surface area (TPSA) is 57.0 Å². The van der Waals surface area contributed by atoms with Crippen molar-refractivity contribution in [2.45, 2.75) is 30.9 Å². The van der Waals surface area contributed by atoms with Gasteiger partial charge in [-0.2, -0.15) is 8.78 Å². The van der Waals surface area contributed by atoms with E-state index in [4.69, 9.17) is 0 Å². The van der Waals surface area contributed by atoms with Crippen LogP contribution in [-0.2, 0) is 7.05 Å². The van der Waals surface area contributed by atoms with Crippen LogP contribution in [0.25, 0.3) is 11.4 Å². The first kappa shape index (κ1) is 20.0. The Kier molecular flexibility index (Phi) is 6.08. The summed E-state index contributed by atoms with van der Waals surface area (Å²) in [5, 5.41) is 8.68. The van der Waals surface area contributed by atoms with E-state index in [2.05, 4.69) is 14.9 Å². The van der Waals surface area contributed by atoms with E-state index in [1.807, 2.05) is 42.8 Å². The zero-order chi connectivity index (χ0) is 20.3. The van der Waals surface area contributed by atoms with Gasteiger partial charge in [-0.05, 0) is 43.7 Å². The fourth-order valence-corrected chi connectivity index (χ4v) is 3.61. The first-order valence-corrected chi connectivity index (χ1v) is 9.46. The monoisotopic (exact) mass is 403 g/mol. The number of carbonyl (C=O) groups is 1. The number of benzene rings is 2. The van der Waals surface area contributed by atoms with E-state index in [0.29, 0.717) is 10.7 Å². The summed E-state index contributed by atoms with van der Waals surface area (Å²) in [6.45, 7) is 0.887. The Morgan fingerprint density at radius 3 is 2.43 bits per heavy atom. The Bertz CT molecular complexity index is 974. The van der Waals surface area contributed by atoms with Crippen molar-refractivity contribution in [3.05, 3.63) is 59.7 Å². The molecule has 0 aliphatic rings. The van der Waals surface area contributed by atoms with Crippen molar-refractivity contribution in [1.29, 1.82) is 0 Å². The standard InChI is InChI=1S/C20H19F2N3O2S/c1-12-6-4-5-7-16(12)18-23-24-20(25(18)3)28-13(2)17(26)14-8-10-15(11-9-14)27-19(21)22/h4-11,13,19H,1-3H3/t13-/m1/s1. The van der Waals surface area contributed by atoms with Crippen molar-refractivity contribution in [3.8, 4) is 17.1 Å². The second kappa shape index (κ2) is 8.52. The fraction of sp³-hybridized carbons (Fsp3) is 0.250.